The average Bonchev–Trinajstić information content (AvgIpc) is 3.79. The number of pyridine rings is 1. The van der Waals surface area contributed by atoms with Crippen molar-refractivity contribution in [3.05, 3.63) is 58.2 Å². The summed E-state index contributed by atoms with van der Waals surface area (Å²) in [5.74, 6) is -1.66. The number of hydrogen-bond acceptors (Lipinski definition) is 11. The molecule has 6 bridgehead atoms. The van der Waals surface area contributed by atoms with Crippen LogP contribution in [0.25, 0.3) is 33.4 Å². The van der Waals surface area contributed by atoms with Crippen LogP contribution in [0, 0.1) is 11.3 Å². The molecule has 1 fully saturated rings. The van der Waals surface area contributed by atoms with Crippen molar-refractivity contribution in [1.82, 2.24) is 35.2 Å². The Morgan fingerprint density at radius 3 is 2.65 bits per heavy atom. The number of carbonyl (C=O) groups is 4. The number of cyclic esters (lactones) is 1. The summed E-state index contributed by atoms with van der Waals surface area (Å²) < 4.78 is 19.1. The van der Waals surface area contributed by atoms with Gasteiger partial charge in [-0.1, -0.05) is 33.8 Å². The Kier molecular flexibility index (Phi) is 12.7. The molecule has 15 heteroatoms. The summed E-state index contributed by atoms with van der Waals surface area (Å²) in [6, 6.07) is 7.67. The first-order chi connectivity index (χ1) is 27.2. The molecule has 0 aliphatic carbocycles. The lowest BCUT2D eigenvalue weighted by Crippen LogP contribution is -2.62. The van der Waals surface area contributed by atoms with Gasteiger partial charge in [0.2, 0.25) is 5.91 Å². The van der Waals surface area contributed by atoms with E-state index in [1.54, 1.807) is 13.3 Å². The minimum atomic E-state index is -1.05. The number of nitrogens with zero attached hydrogens (tertiary/aromatic N) is 5. The number of nitrogens with one attached hydrogen (secondary N) is 2. The van der Waals surface area contributed by atoms with E-state index in [0.717, 1.165) is 44.7 Å². The zero-order valence-electron chi connectivity index (χ0n) is 34.4. The third-order valence-corrected chi connectivity index (χ3v) is 11.8. The van der Waals surface area contributed by atoms with E-state index in [4.69, 9.17) is 24.2 Å². The number of fused-ring (bicyclic) bond motifs is 6. The van der Waals surface area contributed by atoms with Crippen molar-refractivity contribution in [3.8, 4) is 22.5 Å². The standard InChI is InChI=1S/C42H55N7O7S/c1-10-48-33-16-15-26-19-28(33)29(37(48)27-13-11-17-43-35(27)25(4)54-8)21-42(5,6)23-56-40(52)30-14-12-18-49(46-30)39(51)31(20-34-44-32(26)22-57-34)45-38(50)36(24(2)3)47(7)41(53)55-9/h11,13,15-17,19,22,24-25,30-31,36,46H,10,12,14,18,20-21,23H2,1-9H3,(H,45,50)/t25?,30-,31?,36?/m0/s1. The largest absolute Gasteiger partial charge is 0.464 e. The Hall–Kier alpha value is -4.86. The van der Waals surface area contributed by atoms with E-state index < -0.39 is 47.4 Å². The highest BCUT2D eigenvalue weighted by atomic mass is 32.1. The number of thiazole rings is 1. The van der Waals surface area contributed by atoms with Crippen molar-refractivity contribution in [2.24, 2.45) is 11.3 Å². The van der Waals surface area contributed by atoms with Crippen LogP contribution >= 0.6 is 11.3 Å². The number of aromatic nitrogens is 3. The van der Waals surface area contributed by atoms with E-state index in [-0.39, 0.29) is 25.0 Å². The summed E-state index contributed by atoms with van der Waals surface area (Å²) in [7, 11) is 4.43. The molecule has 4 aromatic rings. The normalized spacial score (nSPS) is 19.8. The molecule has 57 heavy (non-hydrogen) atoms. The summed E-state index contributed by atoms with van der Waals surface area (Å²) in [4.78, 5) is 65.5. The molecule has 0 radical (unpaired) electrons. The van der Waals surface area contributed by atoms with Gasteiger partial charge in [0.1, 0.15) is 18.1 Å². The first-order valence-corrected chi connectivity index (χ1v) is 20.5. The molecule has 306 valence electrons. The third-order valence-electron chi connectivity index (χ3n) is 10.9. The topological polar surface area (TPSA) is 157 Å². The second-order valence-corrected chi connectivity index (χ2v) is 17.0. The van der Waals surface area contributed by atoms with E-state index in [2.05, 4.69) is 60.3 Å². The number of benzene rings is 1. The highest BCUT2D eigenvalue weighted by Gasteiger charge is 2.38. The van der Waals surface area contributed by atoms with Crippen molar-refractivity contribution in [2.45, 2.75) is 98.0 Å². The van der Waals surface area contributed by atoms with E-state index in [0.29, 0.717) is 37.4 Å². The zero-order valence-corrected chi connectivity index (χ0v) is 35.2. The summed E-state index contributed by atoms with van der Waals surface area (Å²) >= 11 is 1.41. The minimum absolute atomic E-state index is 0.0921. The van der Waals surface area contributed by atoms with Crippen molar-refractivity contribution in [2.75, 3.05) is 34.4 Å². The van der Waals surface area contributed by atoms with Gasteiger partial charge in [0.05, 0.1) is 41.9 Å². The molecule has 0 saturated carbocycles. The van der Waals surface area contributed by atoms with Crippen LogP contribution in [0.3, 0.4) is 0 Å². The second kappa shape index (κ2) is 17.3. The number of amides is 3. The van der Waals surface area contributed by atoms with Crippen LogP contribution in [-0.4, -0.2) is 101 Å². The lowest BCUT2D eigenvalue weighted by molar-refractivity contribution is -0.155. The number of hydrazine groups is 1. The van der Waals surface area contributed by atoms with Crippen LogP contribution in [-0.2, 0) is 48.0 Å². The molecule has 2 N–H and O–H groups in total. The Morgan fingerprint density at radius 1 is 1.18 bits per heavy atom. The van der Waals surface area contributed by atoms with Crippen LogP contribution in [0.1, 0.15) is 76.8 Å². The number of hydrogen-bond donors (Lipinski definition) is 2. The average molecular weight is 802 g/mol. The molecule has 0 spiro atoms. The van der Waals surface area contributed by atoms with Gasteiger partial charge in [-0.3, -0.25) is 29.3 Å². The van der Waals surface area contributed by atoms with Gasteiger partial charge >= 0.3 is 12.1 Å². The monoisotopic (exact) mass is 801 g/mol. The molecular formula is C42H55N7O7S. The fourth-order valence-corrected chi connectivity index (χ4v) is 8.85. The molecule has 2 aliphatic heterocycles. The van der Waals surface area contributed by atoms with E-state index in [1.807, 2.05) is 32.2 Å². The lowest BCUT2D eigenvalue weighted by atomic mass is 9.84. The summed E-state index contributed by atoms with van der Waals surface area (Å²) in [6.07, 6.45) is 2.59. The van der Waals surface area contributed by atoms with E-state index >= 15 is 0 Å². The maximum atomic E-state index is 14.3. The SMILES string of the molecule is CCn1c(-c2cccnc2C(C)OC)c2c3cc(ccc31)-c1csc(n1)CC(NC(=O)C(C(C)C)N(C)C(=O)OC)C(=O)N1CCC[C@H](N1)C(=O)OCC(C)(C)C2. The molecule has 3 aromatic heterocycles. The molecule has 4 atom stereocenters. The Morgan fingerprint density at radius 2 is 1.95 bits per heavy atom. The molecular weight excluding hydrogens is 747 g/mol. The highest BCUT2D eigenvalue weighted by molar-refractivity contribution is 7.10. The van der Waals surface area contributed by atoms with Gasteiger partial charge in [-0.25, -0.2) is 15.2 Å². The van der Waals surface area contributed by atoms with Crippen LogP contribution in [0.15, 0.2) is 41.9 Å². The first-order valence-electron chi connectivity index (χ1n) is 19.6. The van der Waals surface area contributed by atoms with Gasteiger partial charge in [0.25, 0.3) is 5.91 Å². The minimum Gasteiger partial charge on any atom is -0.464 e. The fourth-order valence-electron chi connectivity index (χ4n) is 8.00. The maximum Gasteiger partial charge on any atom is 0.409 e. The lowest BCUT2D eigenvalue weighted by Gasteiger charge is -2.36. The van der Waals surface area contributed by atoms with Gasteiger partial charge in [-0.15, -0.1) is 11.3 Å². The number of ether oxygens (including phenoxy) is 3. The van der Waals surface area contributed by atoms with Gasteiger partial charge in [-0.2, -0.15) is 0 Å². The number of esters is 1. The van der Waals surface area contributed by atoms with Gasteiger partial charge in [0.15, 0.2) is 0 Å². The summed E-state index contributed by atoms with van der Waals surface area (Å²) in [5.41, 5.74) is 9.29. The van der Waals surface area contributed by atoms with Crippen molar-refractivity contribution in [3.63, 3.8) is 0 Å². The molecule has 1 aromatic carbocycles. The van der Waals surface area contributed by atoms with Crippen LogP contribution < -0.4 is 10.7 Å². The van der Waals surface area contributed by atoms with Gasteiger partial charge < -0.3 is 24.1 Å². The fraction of sp³-hybridized carbons (Fsp3) is 0.524. The second-order valence-electron chi connectivity index (χ2n) is 16.0. The van der Waals surface area contributed by atoms with Crippen LogP contribution in [0.5, 0.6) is 0 Å². The Bertz CT molecular complexity index is 2130. The summed E-state index contributed by atoms with van der Waals surface area (Å²) in [5, 5.41) is 8.01. The van der Waals surface area contributed by atoms with Crippen LogP contribution in [0.4, 0.5) is 4.79 Å². The predicted molar refractivity (Wildman–Crippen MR) is 218 cm³/mol. The van der Waals surface area contributed by atoms with E-state index in [1.165, 1.54) is 35.4 Å². The van der Waals surface area contributed by atoms with Crippen molar-refractivity contribution in [1.29, 1.82) is 0 Å². The Labute approximate surface area is 338 Å². The van der Waals surface area contributed by atoms with E-state index in [9.17, 15) is 19.2 Å². The molecule has 3 unspecified atom stereocenters. The predicted octanol–water partition coefficient (Wildman–Crippen LogP) is 5.93. The highest BCUT2D eigenvalue weighted by Crippen LogP contribution is 2.42. The number of likely N-dealkylation sites (N-methyl/N-ethyl adjacent to an activating group) is 1. The molecule has 6 rings (SSSR count). The number of aryl methyl sites for hydroxylation is 1. The molecule has 14 nitrogen and oxygen atoms in total. The smallest absolute Gasteiger partial charge is 0.409 e. The van der Waals surface area contributed by atoms with Crippen LogP contribution in [0.2, 0.25) is 0 Å². The zero-order chi connectivity index (χ0) is 41.2. The van der Waals surface area contributed by atoms with Crippen molar-refractivity contribution >= 4 is 46.1 Å². The third kappa shape index (κ3) is 8.70. The quantitative estimate of drug-likeness (QED) is 0.205. The number of rotatable bonds is 8. The molecule has 2 aliphatic rings. The maximum absolute atomic E-state index is 14.3. The molecule has 3 amide bonds. The molecule has 5 heterocycles. The Balaban J connectivity index is 1.48. The summed E-state index contributed by atoms with van der Waals surface area (Å²) in [6.45, 7) is 13.1. The molecule has 1 saturated heterocycles. The number of carbonyl (C=O) groups excluding carboxylic acids is 4. The van der Waals surface area contributed by atoms with Gasteiger partial charge in [-0.05, 0) is 68.9 Å². The first kappa shape index (κ1) is 41.8. The van der Waals surface area contributed by atoms with Gasteiger partial charge in [0, 0.05) is 72.7 Å². The number of methoxy groups -OCH3 is 2. The van der Waals surface area contributed by atoms with Crippen molar-refractivity contribution < 1.29 is 33.4 Å².